The van der Waals surface area contributed by atoms with Crippen LogP contribution in [0.1, 0.15) is 0 Å². The predicted molar refractivity (Wildman–Crippen MR) is 55.4 cm³/mol. The molecule has 1 unspecified atom stereocenters. The van der Waals surface area contributed by atoms with Crippen molar-refractivity contribution in [2.45, 2.75) is 6.04 Å². The molecule has 0 aromatic rings. The number of rotatable bonds is 2. The van der Waals surface area contributed by atoms with Crippen LogP contribution in [-0.4, -0.2) is 76.9 Å². The molecule has 0 aromatic heterocycles. The van der Waals surface area contributed by atoms with Crippen molar-refractivity contribution in [2.75, 3.05) is 27.2 Å². The maximum Gasteiger partial charge on any atom is 0.333 e. The lowest BCUT2D eigenvalue weighted by Gasteiger charge is -2.30. The second kappa shape index (κ2) is 3.67. The van der Waals surface area contributed by atoms with E-state index in [0.717, 1.165) is 4.90 Å². The van der Waals surface area contributed by atoms with Gasteiger partial charge in [-0.25, -0.2) is 9.37 Å². The van der Waals surface area contributed by atoms with Crippen molar-refractivity contribution in [3.63, 3.8) is 0 Å². The molecule has 1 fully saturated rings. The molecule has 2 heterocycles. The Morgan fingerprint density at radius 2 is 2.12 bits per heavy atom. The number of aliphatic imine (C=N–C) groups is 1. The molecular weight excluding hydrogens is 212 g/mol. The number of amidine groups is 1. The van der Waals surface area contributed by atoms with Gasteiger partial charge in [-0.3, -0.25) is 14.6 Å². The molecule has 86 valence electrons. The summed E-state index contributed by atoms with van der Waals surface area (Å²) in [6.45, 7) is 0.254. The van der Waals surface area contributed by atoms with Crippen LogP contribution in [0.5, 0.6) is 0 Å². The Morgan fingerprint density at radius 1 is 1.44 bits per heavy atom. The Labute approximate surface area is 92.3 Å². The van der Waals surface area contributed by atoms with E-state index >= 15 is 0 Å². The largest absolute Gasteiger partial charge is 0.392 e. The van der Waals surface area contributed by atoms with Crippen LogP contribution in [0.2, 0.25) is 0 Å². The molecule has 0 bridgehead atoms. The number of hydrogen-bond acceptors (Lipinski definition) is 4. The molecule has 1 N–H and O–H groups in total. The molecule has 3 amide bonds. The van der Waals surface area contributed by atoms with Gasteiger partial charge in [0.15, 0.2) is 0 Å². The topological polar surface area (TPSA) is 76.2 Å². The molecule has 1 saturated heterocycles. The number of amides is 3. The summed E-state index contributed by atoms with van der Waals surface area (Å²) < 4.78 is 1.62. The number of imide groups is 1. The molecule has 0 aromatic carbocycles. The van der Waals surface area contributed by atoms with Crippen molar-refractivity contribution in [2.24, 2.45) is 4.99 Å². The molecule has 7 nitrogen and oxygen atoms in total. The number of likely N-dealkylation sites (N-methyl/N-ethyl adjacent to an activating group) is 2. The number of nitrogens with zero attached hydrogens (tertiary/aromatic N) is 4. The van der Waals surface area contributed by atoms with Gasteiger partial charge in [-0.15, -0.1) is 0 Å². The second-order valence-corrected chi connectivity index (χ2v) is 3.71. The van der Waals surface area contributed by atoms with E-state index in [1.807, 2.05) is 0 Å². The lowest BCUT2D eigenvalue weighted by Crippen LogP contribution is -2.61. The molecule has 0 radical (unpaired) electrons. The normalized spacial score (nSPS) is 24.6. The van der Waals surface area contributed by atoms with Crippen LogP contribution in [0.4, 0.5) is 4.79 Å². The molecule has 0 spiro atoms. The SMILES string of the molecule is CN1C(=O)C2C(=NC=[N+]2CCO)N(C)C1=O. The van der Waals surface area contributed by atoms with Crippen LogP contribution in [0.15, 0.2) is 4.99 Å². The zero-order chi connectivity index (χ0) is 11.9. The van der Waals surface area contributed by atoms with Gasteiger partial charge in [-0.1, -0.05) is 0 Å². The van der Waals surface area contributed by atoms with E-state index < -0.39 is 6.04 Å². The maximum absolute atomic E-state index is 11.9. The number of aliphatic hydroxyl groups excluding tert-OH is 1. The first kappa shape index (κ1) is 10.7. The van der Waals surface area contributed by atoms with E-state index in [-0.39, 0.29) is 18.5 Å². The minimum absolute atomic E-state index is 0.0650. The van der Waals surface area contributed by atoms with E-state index in [0.29, 0.717) is 12.4 Å². The number of carbonyl (C=O) groups excluding carboxylic acids is 2. The Bertz CT molecular complexity index is 415. The van der Waals surface area contributed by atoms with Crippen LogP contribution in [0.3, 0.4) is 0 Å². The highest BCUT2D eigenvalue weighted by Gasteiger charge is 2.50. The van der Waals surface area contributed by atoms with Crippen LogP contribution in [0.25, 0.3) is 0 Å². The van der Waals surface area contributed by atoms with Gasteiger partial charge in [0.1, 0.15) is 6.54 Å². The number of hydrogen-bond donors (Lipinski definition) is 1. The Kier molecular flexibility index (Phi) is 2.47. The predicted octanol–water partition coefficient (Wildman–Crippen LogP) is -1.68. The number of carbonyl (C=O) groups is 2. The Hall–Kier alpha value is -1.76. The first-order valence-corrected chi connectivity index (χ1v) is 4.91. The van der Waals surface area contributed by atoms with Crippen LogP contribution < -0.4 is 0 Å². The van der Waals surface area contributed by atoms with Gasteiger partial charge in [0.25, 0.3) is 24.1 Å². The first-order chi connectivity index (χ1) is 7.57. The van der Waals surface area contributed by atoms with Gasteiger partial charge in [0.05, 0.1) is 6.61 Å². The number of aliphatic hydroxyl groups is 1. The molecule has 0 aliphatic carbocycles. The van der Waals surface area contributed by atoms with Gasteiger partial charge in [0.2, 0.25) is 0 Å². The molecule has 2 aliphatic heterocycles. The van der Waals surface area contributed by atoms with Gasteiger partial charge >= 0.3 is 6.03 Å². The summed E-state index contributed by atoms with van der Waals surface area (Å²) in [5, 5.41) is 8.87. The van der Waals surface area contributed by atoms with Crippen LogP contribution in [0, 0.1) is 0 Å². The fourth-order valence-corrected chi connectivity index (χ4v) is 1.84. The quantitative estimate of drug-likeness (QED) is 0.570. The fraction of sp³-hybridized carbons (Fsp3) is 0.556. The smallest absolute Gasteiger partial charge is 0.333 e. The minimum atomic E-state index is -0.583. The average molecular weight is 225 g/mol. The highest BCUT2D eigenvalue weighted by molar-refractivity contribution is 6.21. The summed E-state index contributed by atoms with van der Waals surface area (Å²) in [7, 11) is 3.01. The van der Waals surface area contributed by atoms with Gasteiger partial charge in [-0.05, 0) is 4.99 Å². The zero-order valence-electron chi connectivity index (χ0n) is 9.12. The van der Waals surface area contributed by atoms with Crippen molar-refractivity contribution in [1.82, 2.24) is 9.80 Å². The summed E-state index contributed by atoms with van der Waals surface area (Å²) in [5.41, 5.74) is 0. The average Bonchev–Trinajstić information content (AvgIpc) is 2.68. The summed E-state index contributed by atoms with van der Waals surface area (Å²) >= 11 is 0. The fourth-order valence-electron chi connectivity index (χ4n) is 1.84. The highest BCUT2D eigenvalue weighted by atomic mass is 16.3. The summed E-state index contributed by atoms with van der Waals surface area (Å²) in [6, 6.07) is -0.973. The van der Waals surface area contributed by atoms with Gasteiger partial charge in [-0.2, -0.15) is 0 Å². The minimum Gasteiger partial charge on any atom is -0.392 e. The zero-order valence-corrected chi connectivity index (χ0v) is 9.12. The van der Waals surface area contributed by atoms with Crippen LogP contribution in [-0.2, 0) is 4.79 Å². The molecule has 0 saturated carbocycles. The molecule has 16 heavy (non-hydrogen) atoms. The molecule has 1 atom stereocenters. The molecule has 7 heteroatoms. The standard InChI is InChI=1S/C9H13N4O3/c1-11-7-6(8(15)12(2)9(11)16)13(3-4-14)5-10-7/h5-6,14H,3-4H2,1-2H3/q+1. The van der Waals surface area contributed by atoms with Crippen molar-refractivity contribution in [3.05, 3.63) is 0 Å². The van der Waals surface area contributed by atoms with Gasteiger partial charge < -0.3 is 5.11 Å². The third-order valence-corrected chi connectivity index (χ3v) is 2.75. The maximum atomic E-state index is 11.9. The summed E-state index contributed by atoms with van der Waals surface area (Å²) in [6.07, 6.45) is 1.48. The first-order valence-electron chi connectivity index (χ1n) is 4.91. The van der Waals surface area contributed by atoms with Crippen molar-refractivity contribution >= 4 is 24.1 Å². The lowest BCUT2D eigenvalue weighted by atomic mass is 10.1. The molecule has 2 aliphatic rings. The van der Waals surface area contributed by atoms with Crippen molar-refractivity contribution in [1.29, 1.82) is 0 Å². The van der Waals surface area contributed by atoms with E-state index in [4.69, 9.17) is 5.11 Å². The number of urea groups is 1. The summed E-state index contributed by atoms with van der Waals surface area (Å²) in [4.78, 5) is 30.0. The van der Waals surface area contributed by atoms with Crippen molar-refractivity contribution < 1.29 is 19.3 Å². The number of fused-ring (bicyclic) bond motifs is 1. The molecular formula is C9H13N4O3+. The third kappa shape index (κ3) is 1.32. The van der Waals surface area contributed by atoms with Gasteiger partial charge in [0, 0.05) is 14.1 Å². The Balaban J connectivity index is 2.32. The number of β-amino-alcohol motifs (C(OH)–C–C–N with tert-alkyl or cyclic N) is 1. The third-order valence-electron chi connectivity index (χ3n) is 2.75. The monoisotopic (exact) mass is 225 g/mol. The van der Waals surface area contributed by atoms with E-state index in [1.165, 1.54) is 18.3 Å². The molecule has 2 rings (SSSR count). The van der Waals surface area contributed by atoms with Crippen molar-refractivity contribution in [3.8, 4) is 0 Å². The second-order valence-electron chi connectivity index (χ2n) is 3.71. The van der Waals surface area contributed by atoms with Crippen LogP contribution >= 0.6 is 0 Å². The van der Waals surface area contributed by atoms with E-state index in [1.54, 1.807) is 11.6 Å². The highest BCUT2D eigenvalue weighted by Crippen LogP contribution is 2.16. The summed E-state index contributed by atoms with van der Waals surface area (Å²) in [5.74, 6) is 0.102. The van der Waals surface area contributed by atoms with E-state index in [9.17, 15) is 9.59 Å². The van der Waals surface area contributed by atoms with E-state index in [2.05, 4.69) is 4.99 Å². The lowest BCUT2D eigenvalue weighted by molar-refractivity contribution is -0.533. The Morgan fingerprint density at radius 3 is 2.75 bits per heavy atom.